The summed E-state index contributed by atoms with van der Waals surface area (Å²) in [4.78, 5) is 13.5. The van der Waals surface area contributed by atoms with Crippen molar-refractivity contribution in [2.75, 3.05) is 13.3 Å². The molecular weight excluding hydrogens is 486 g/mol. The number of carbonyl (C=O) groups is 1. The molecular formula is C25H20BrN3O4. The maximum Gasteiger partial charge on any atom is 0.335 e. The molecule has 2 aromatic heterocycles. The van der Waals surface area contributed by atoms with Crippen LogP contribution >= 0.6 is 15.9 Å². The van der Waals surface area contributed by atoms with Gasteiger partial charge in [-0.05, 0) is 61.5 Å². The van der Waals surface area contributed by atoms with E-state index in [0.717, 1.165) is 43.5 Å². The lowest BCUT2D eigenvalue weighted by Crippen LogP contribution is -2.34. The predicted molar refractivity (Wildman–Crippen MR) is 127 cm³/mol. The van der Waals surface area contributed by atoms with Gasteiger partial charge in [0.05, 0.1) is 22.7 Å². The van der Waals surface area contributed by atoms with Crippen LogP contribution in [0.5, 0.6) is 5.75 Å². The number of carboxylic acids is 1. The minimum Gasteiger partial charge on any atom is -0.478 e. The van der Waals surface area contributed by atoms with E-state index in [4.69, 9.17) is 9.26 Å². The van der Waals surface area contributed by atoms with Gasteiger partial charge in [0, 0.05) is 34.2 Å². The first-order valence-corrected chi connectivity index (χ1v) is 11.1. The van der Waals surface area contributed by atoms with Crippen LogP contribution in [0.25, 0.3) is 29.2 Å². The minimum absolute atomic E-state index is 0.238. The van der Waals surface area contributed by atoms with Crippen molar-refractivity contribution in [2.45, 2.75) is 6.92 Å². The highest BCUT2D eigenvalue weighted by Crippen LogP contribution is 2.36. The van der Waals surface area contributed by atoms with Crippen molar-refractivity contribution < 1.29 is 19.2 Å². The Morgan fingerprint density at radius 3 is 2.94 bits per heavy atom. The molecule has 0 fully saturated rings. The molecule has 0 bridgehead atoms. The van der Waals surface area contributed by atoms with E-state index in [1.165, 1.54) is 0 Å². The zero-order chi connectivity index (χ0) is 22.9. The number of nitrogens with zero attached hydrogens (tertiary/aromatic N) is 3. The third-order valence-corrected chi connectivity index (χ3v) is 5.98. The van der Waals surface area contributed by atoms with E-state index in [1.807, 2.05) is 65.1 Å². The van der Waals surface area contributed by atoms with Crippen LogP contribution in [-0.2, 0) is 0 Å². The second kappa shape index (κ2) is 8.63. The van der Waals surface area contributed by atoms with Crippen LogP contribution in [0.3, 0.4) is 0 Å². The van der Waals surface area contributed by atoms with E-state index < -0.39 is 5.97 Å². The molecule has 0 aliphatic carbocycles. The van der Waals surface area contributed by atoms with Gasteiger partial charge in [0.1, 0.15) is 5.75 Å². The number of ether oxygens (including phenoxy) is 1. The average molecular weight is 506 g/mol. The highest BCUT2D eigenvalue weighted by atomic mass is 79.9. The number of aromatic nitrogens is 2. The summed E-state index contributed by atoms with van der Waals surface area (Å²) in [5.41, 5.74) is 4.57. The van der Waals surface area contributed by atoms with E-state index in [0.29, 0.717) is 13.3 Å². The fraction of sp³-hybridized carbons (Fsp3) is 0.120. The normalized spacial score (nSPS) is 12.6. The van der Waals surface area contributed by atoms with Crippen LogP contribution in [0.2, 0.25) is 0 Å². The molecule has 8 heteroatoms. The lowest BCUT2D eigenvalue weighted by molar-refractivity contribution is 0.0697. The molecule has 0 unspecified atom stereocenters. The molecule has 0 saturated carbocycles. The Kier molecular flexibility index (Phi) is 5.51. The van der Waals surface area contributed by atoms with E-state index in [1.54, 1.807) is 24.4 Å². The summed E-state index contributed by atoms with van der Waals surface area (Å²) >= 11 is 3.57. The molecule has 4 aromatic rings. The molecule has 0 atom stereocenters. The molecule has 0 spiro atoms. The largest absolute Gasteiger partial charge is 0.478 e. The lowest BCUT2D eigenvalue weighted by Gasteiger charge is -2.22. The third kappa shape index (κ3) is 4.17. The molecule has 1 N–H and O–H groups in total. The lowest BCUT2D eigenvalue weighted by atomic mass is 10.1. The average Bonchev–Trinajstić information content (AvgIpc) is 3.44. The number of aromatic carboxylic acids is 1. The number of aryl methyl sites for hydroxylation is 1. The van der Waals surface area contributed by atoms with Crippen LogP contribution in [-0.4, -0.2) is 39.0 Å². The number of benzene rings is 2. The monoisotopic (exact) mass is 505 g/mol. The smallest absolute Gasteiger partial charge is 0.335 e. The number of hydrogen-bond acceptors (Lipinski definition) is 5. The summed E-state index contributed by atoms with van der Waals surface area (Å²) in [5.74, 6) is -0.239. The van der Waals surface area contributed by atoms with Gasteiger partial charge in [0.25, 0.3) is 0 Å². The standard InChI is InChI=1S/C25H20BrN3O4/c1-16-5-7-22(29(16)20-4-2-3-17(11-20)25(30)31)21-12-19(26)6-8-24(21)32-15-28-10-9-23-18(14-28)13-27-33-23/h2-9,11-14H,10,15H2,1H3,(H,30,31). The maximum atomic E-state index is 11.5. The minimum atomic E-state index is -0.958. The summed E-state index contributed by atoms with van der Waals surface area (Å²) in [5, 5.41) is 14.2. The van der Waals surface area contributed by atoms with E-state index >= 15 is 0 Å². The third-order valence-electron chi connectivity index (χ3n) is 5.49. The summed E-state index contributed by atoms with van der Waals surface area (Å²) in [6.45, 7) is 3.00. The summed E-state index contributed by atoms with van der Waals surface area (Å²) in [6.07, 6.45) is 5.62. The highest BCUT2D eigenvalue weighted by molar-refractivity contribution is 9.10. The van der Waals surface area contributed by atoms with Crippen LogP contribution in [0.4, 0.5) is 0 Å². The highest BCUT2D eigenvalue weighted by Gasteiger charge is 2.16. The zero-order valence-corrected chi connectivity index (χ0v) is 19.3. The summed E-state index contributed by atoms with van der Waals surface area (Å²) in [6, 6.07) is 16.8. The number of carboxylic acid groups (broad SMARTS) is 1. The van der Waals surface area contributed by atoms with E-state index in [2.05, 4.69) is 21.1 Å². The summed E-state index contributed by atoms with van der Waals surface area (Å²) < 4.78 is 14.4. The molecule has 2 aromatic carbocycles. The second-order valence-corrected chi connectivity index (χ2v) is 8.63. The fourth-order valence-electron chi connectivity index (χ4n) is 3.90. The number of rotatable bonds is 6. The Hall–Kier alpha value is -3.78. The van der Waals surface area contributed by atoms with E-state index in [9.17, 15) is 9.90 Å². The van der Waals surface area contributed by atoms with Gasteiger partial charge in [0.15, 0.2) is 12.1 Å². The van der Waals surface area contributed by atoms with Gasteiger partial charge in [-0.1, -0.05) is 27.2 Å². The van der Waals surface area contributed by atoms with Crippen molar-refractivity contribution in [1.29, 1.82) is 0 Å². The van der Waals surface area contributed by atoms with Crippen molar-refractivity contribution in [3.05, 3.63) is 87.2 Å². The van der Waals surface area contributed by atoms with Crippen molar-refractivity contribution in [3.63, 3.8) is 0 Å². The first kappa shape index (κ1) is 21.1. The fourth-order valence-corrected chi connectivity index (χ4v) is 4.26. The Labute approximate surface area is 197 Å². The molecule has 1 aliphatic heterocycles. The van der Waals surface area contributed by atoms with Gasteiger partial charge in [-0.25, -0.2) is 4.79 Å². The van der Waals surface area contributed by atoms with Crippen molar-refractivity contribution >= 4 is 34.2 Å². The number of halogens is 1. The van der Waals surface area contributed by atoms with Gasteiger partial charge in [-0.15, -0.1) is 0 Å². The van der Waals surface area contributed by atoms with Gasteiger partial charge in [0.2, 0.25) is 0 Å². The topological polar surface area (TPSA) is 80.7 Å². The van der Waals surface area contributed by atoms with Crippen LogP contribution in [0, 0.1) is 6.92 Å². The van der Waals surface area contributed by atoms with Gasteiger partial charge in [-0.2, -0.15) is 0 Å². The first-order valence-electron chi connectivity index (χ1n) is 10.3. The van der Waals surface area contributed by atoms with Crippen molar-refractivity contribution in [1.82, 2.24) is 14.6 Å². The molecule has 5 rings (SSSR count). The Morgan fingerprint density at radius 2 is 2.09 bits per heavy atom. The van der Waals surface area contributed by atoms with Crippen molar-refractivity contribution in [3.8, 4) is 22.7 Å². The molecule has 7 nitrogen and oxygen atoms in total. The second-order valence-electron chi connectivity index (χ2n) is 7.71. The van der Waals surface area contributed by atoms with Gasteiger partial charge < -0.3 is 23.8 Å². The summed E-state index contributed by atoms with van der Waals surface area (Å²) in [7, 11) is 0. The number of hydrogen-bond donors (Lipinski definition) is 1. The zero-order valence-electron chi connectivity index (χ0n) is 17.7. The first-order chi connectivity index (χ1) is 16.0. The maximum absolute atomic E-state index is 11.5. The van der Waals surface area contributed by atoms with Gasteiger partial charge >= 0.3 is 5.97 Å². The SMILES string of the molecule is Cc1ccc(-c2cc(Br)ccc2OCN2C=c3cnoc3=CC2)n1-c1cccc(C(=O)O)c1. The van der Waals surface area contributed by atoms with E-state index in [-0.39, 0.29) is 5.56 Å². The molecule has 1 aliphatic rings. The molecule has 33 heavy (non-hydrogen) atoms. The number of fused-ring (bicyclic) bond motifs is 1. The Bertz CT molecular complexity index is 1470. The van der Waals surface area contributed by atoms with Gasteiger partial charge in [-0.3, -0.25) is 0 Å². The van der Waals surface area contributed by atoms with Crippen molar-refractivity contribution in [2.24, 2.45) is 0 Å². The quantitative estimate of drug-likeness (QED) is 0.429. The molecule has 3 heterocycles. The molecule has 166 valence electrons. The molecule has 0 saturated heterocycles. The molecule has 0 amide bonds. The predicted octanol–water partition coefficient (Wildman–Crippen LogP) is 3.77. The molecule has 0 radical (unpaired) electrons. The Morgan fingerprint density at radius 1 is 1.21 bits per heavy atom. The van der Waals surface area contributed by atoms with Crippen LogP contribution in [0.1, 0.15) is 16.1 Å². The van der Waals surface area contributed by atoms with Crippen LogP contribution in [0.15, 0.2) is 69.8 Å². The van der Waals surface area contributed by atoms with Crippen LogP contribution < -0.4 is 15.4 Å². The Balaban J connectivity index is 1.50.